The Labute approximate surface area is 128 Å². The van der Waals surface area contributed by atoms with Gasteiger partial charge in [0.15, 0.2) is 0 Å². The summed E-state index contributed by atoms with van der Waals surface area (Å²) in [7, 11) is 0. The zero-order chi connectivity index (χ0) is 15.2. The van der Waals surface area contributed by atoms with Crippen LogP contribution in [0.25, 0.3) is 0 Å². The van der Waals surface area contributed by atoms with E-state index in [1.807, 2.05) is 31.4 Å². The Kier molecular flexibility index (Phi) is 5.09. The molecule has 0 fully saturated rings. The number of nitrogens with one attached hydrogen (secondary N) is 1. The molecule has 0 radical (unpaired) electrons. The number of nitrogens with two attached hydrogens (primary N) is 1. The fraction of sp³-hybridized carbons (Fsp3) is 0.250. The standard InChI is InChI=1S/C16H17N3OS/c1-11-5-6-13(4-3-7-17)8-14(11)16(20)18-9-15-19-12(2)10-21-15/h5-6,8,10H,7,9,17H2,1-2H3,(H,18,20). The molecule has 4 nitrogen and oxygen atoms in total. The summed E-state index contributed by atoms with van der Waals surface area (Å²) >= 11 is 1.54. The number of carbonyl (C=O) groups excluding carboxylic acids is 1. The molecule has 0 aliphatic heterocycles. The molecule has 0 saturated heterocycles. The summed E-state index contributed by atoms with van der Waals surface area (Å²) in [5.41, 5.74) is 8.67. The lowest BCUT2D eigenvalue weighted by Gasteiger charge is -2.07. The van der Waals surface area contributed by atoms with Crippen molar-refractivity contribution in [3.8, 4) is 11.8 Å². The third-order valence-electron chi connectivity index (χ3n) is 2.88. The molecule has 1 aromatic heterocycles. The van der Waals surface area contributed by atoms with E-state index in [2.05, 4.69) is 22.1 Å². The summed E-state index contributed by atoms with van der Waals surface area (Å²) in [6.45, 7) is 4.59. The van der Waals surface area contributed by atoms with E-state index in [0.29, 0.717) is 18.7 Å². The molecule has 1 amide bonds. The summed E-state index contributed by atoms with van der Waals surface area (Å²) < 4.78 is 0. The molecular weight excluding hydrogens is 282 g/mol. The SMILES string of the molecule is Cc1csc(CNC(=O)c2cc(C#CCN)ccc2C)n1. The molecule has 108 valence electrons. The van der Waals surface area contributed by atoms with E-state index < -0.39 is 0 Å². The van der Waals surface area contributed by atoms with Crippen molar-refractivity contribution in [2.75, 3.05) is 6.54 Å². The fourth-order valence-electron chi connectivity index (χ4n) is 1.83. The highest BCUT2D eigenvalue weighted by molar-refractivity contribution is 7.09. The van der Waals surface area contributed by atoms with Crippen molar-refractivity contribution >= 4 is 17.2 Å². The molecular formula is C16H17N3OS. The minimum absolute atomic E-state index is 0.114. The van der Waals surface area contributed by atoms with Crippen molar-refractivity contribution < 1.29 is 4.79 Å². The van der Waals surface area contributed by atoms with Crippen LogP contribution in [0.15, 0.2) is 23.6 Å². The van der Waals surface area contributed by atoms with Gasteiger partial charge < -0.3 is 11.1 Å². The lowest BCUT2D eigenvalue weighted by Crippen LogP contribution is -2.23. The number of hydrogen-bond acceptors (Lipinski definition) is 4. The van der Waals surface area contributed by atoms with Crippen LogP contribution in [0.2, 0.25) is 0 Å². The Morgan fingerprint density at radius 3 is 2.90 bits per heavy atom. The molecule has 1 heterocycles. The molecule has 0 spiro atoms. The molecule has 2 rings (SSSR count). The molecule has 2 aromatic rings. The van der Waals surface area contributed by atoms with Gasteiger partial charge in [-0.3, -0.25) is 4.79 Å². The highest BCUT2D eigenvalue weighted by atomic mass is 32.1. The Morgan fingerprint density at radius 2 is 2.24 bits per heavy atom. The van der Waals surface area contributed by atoms with E-state index in [9.17, 15) is 4.79 Å². The highest BCUT2D eigenvalue weighted by Crippen LogP contribution is 2.12. The van der Waals surface area contributed by atoms with Crippen molar-refractivity contribution in [3.05, 3.63) is 51.0 Å². The molecule has 5 heteroatoms. The first kappa shape index (κ1) is 15.2. The number of aryl methyl sites for hydroxylation is 2. The number of aromatic nitrogens is 1. The average molecular weight is 299 g/mol. The van der Waals surface area contributed by atoms with Gasteiger partial charge >= 0.3 is 0 Å². The summed E-state index contributed by atoms with van der Waals surface area (Å²) in [5.74, 6) is 5.61. The number of rotatable bonds is 3. The minimum Gasteiger partial charge on any atom is -0.346 e. The van der Waals surface area contributed by atoms with E-state index in [4.69, 9.17) is 5.73 Å². The summed E-state index contributed by atoms with van der Waals surface area (Å²) in [4.78, 5) is 16.6. The normalized spacial score (nSPS) is 9.86. The van der Waals surface area contributed by atoms with Gasteiger partial charge in [0.1, 0.15) is 5.01 Å². The second-order valence-corrected chi connectivity index (χ2v) is 5.54. The van der Waals surface area contributed by atoms with E-state index in [1.54, 1.807) is 17.4 Å². The maximum absolute atomic E-state index is 12.3. The molecule has 0 atom stereocenters. The zero-order valence-corrected chi connectivity index (χ0v) is 12.9. The average Bonchev–Trinajstić information content (AvgIpc) is 2.89. The van der Waals surface area contributed by atoms with Gasteiger partial charge in [-0.05, 0) is 31.5 Å². The molecule has 0 saturated carbocycles. The van der Waals surface area contributed by atoms with Crippen molar-refractivity contribution in [3.63, 3.8) is 0 Å². The second kappa shape index (κ2) is 7.02. The summed E-state index contributed by atoms with van der Waals surface area (Å²) in [6, 6.07) is 5.57. The van der Waals surface area contributed by atoms with Crippen LogP contribution in [0.5, 0.6) is 0 Å². The van der Waals surface area contributed by atoms with Crippen LogP contribution in [-0.2, 0) is 6.54 Å². The fourth-order valence-corrected chi connectivity index (χ4v) is 2.54. The monoisotopic (exact) mass is 299 g/mol. The largest absolute Gasteiger partial charge is 0.346 e. The predicted octanol–water partition coefficient (Wildman–Crippen LogP) is 2.00. The predicted molar refractivity (Wildman–Crippen MR) is 85.1 cm³/mol. The molecule has 3 N–H and O–H groups in total. The lowest BCUT2D eigenvalue weighted by molar-refractivity contribution is 0.0950. The van der Waals surface area contributed by atoms with E-state index in [-0.39, 0.29) is 5.91 Å². The van der Waals surface area contributed by atoms with Crippen molar-refractivity contribution in [1.82, 2.24) is 10.3 Å². The Bertz CT molecular complexity index is 710. The molecule has 0 unspecified atom stereocenters. The third-order valence-corrected chi connectivity index (χ3v) is 3.85. The first-order chi connectivity index (χ1) is 10.1. The zero-order valence-electron chi connectivity index (χ0n) is 12.1. The maximum atomic E-state index is 12.3. The second-order valence-electron chi connectivity index (χ2n) is 4.60. The van der Waals surface area contributed by atoms with Crippen LogP contribution in [0.1, 0.15) is 32.2 Å². The number of thiazole rings is 1. The van der Waals surface area contributed by atoms with E-state index in [1.165, 1.54) is 0 Å². The van der Waals surface area contributed by atoms with Crippen LogP contribution in [0.3, 0.4) is 0 Å². The molecule has 21 heavy (non-hydrogen) atoms. The van der Waals surface area contributed by atoms with Crippen molar-refractivity contribution in [1.29, 1.82) is 0 Å². The first-order valence-corrected chi connectivity index (χ1v) is 7.47. The number of hydrogen-bond donors (Lipinski definition) is 2. The smallest absolute Gasteiger partial charge is 0.251 e. The minimum atomic E-state index is -0.114. The van der Waals surface area contributed by atoms with Gasteiger partial charge in [0, 0.05) is 22.2 Å². The molecule has 0 bridgehead atoms. The topological polar surface area (TPSA) is 68.0 Å². The Balaban J connectivity index is 2.10. The third kappa shape index (κ3) is 4.15. The molecule has 0 aliphatic carbocycles. The summed E-state index contributed by atoms with van der Waals surface area (Å²) in [6.07, 6.45) is 0. The van der Waals surface area contributed by atoms with Gasteiger partial charge in [0.2, 0.25) is 0 Å². The van der Waals surface area contributed by atoms with Crippen LogP contribution in [-0.4, -0.2) is 17.4 Å². The number of amides is 1. The van der Waals surface area contributed by atoms with Gasteiger partial charge in [-0.2, -0.15) is 0 Å². The number of nitrogens with zero attached hydrogens (tertiary/aromatic N) is 1. The van der Waals surface area contributed by atoms with Crippen LogP contribution in [0, 0.1) is 25.7 Å². The van der Waals surface area contributed by atoms with Crippen molar-refractivity contribution in [2.24, 2.45) is 5.73 Å². The molecule has 0 aliphatic rings. The van der Waals surface area contributed by atoms with Crippen molar-refractivity contribution in [2.45, 2.75) is 20.4 Å². The van der Waals surface area contributed by atoms with Crippen LogP contribution < -0.4 is 11.1 Å². The van der Waals surface area contributed by atoms with E-state index in [0.717, 1.165) is 21.8 Å². The Morgan fingerprint density at radius 1 is 1.43 bits per heavy atom. The quantitative estimate of drug-likeness (QED) is 0.852. The van der Waals surface area contributed by atoms with E-state index >= 15 is 0 Å². The Hall–Kier alpha value is -2.16. The lowest BCUT2D eigenvalue weighted by atomic mass is 10.0. The van der Waals surface area contributed by atoms with Gasteiger partial charge in [-0.1, -0.05) is 17.9 Å². The summed E-state index contributed by atoms with van der Waals surface area (Å²) in [5, 5.41) is 5.76. The van der Waals surface area contributed by atoms with Gasteiger partial charge in [-0.15, -0.1) is 11.3 Å². The van der Waals surface area contributed by atoms with Gasteiger partial charge in [0.05, 0.1) is 13.1 Å². The number of carbonyl (C=O) groups is 1. The molecule has 1 aromatic carbocycles. The maximum Gasteiger partial charge on any atom is 0.251 e. The first-order valence-electron chi connectivity index (χ1n) is 6.59. The van der Waals surface area contributed by atoms with Crippen LogP contribution >= 0.6 is 11.3 Å². The highest BCUT2D eigenvalue weighted by Gasteiger charge is 2.10. The van der Waals surface area contributed by atoms with Gasteiger partial charge in [-0.25, -0.2) is 4.98 Å². The van der Waals surface area contributed by atoms with Crippen LogP contribution in [0.4, 0.5) is 0 Å². The van der Waals surface area contributed by atoms with Gasteiger partial charge in [0.25, 0.3) is 5.91 Å². The number of benzene rings is 1.